The van der Waals surface area contributed by atoms with Gasteiger partial charge in [-0.15, -0.1) is 0 Å². The van der Waals surface area contributed by atoms with E-state index in [2.05, 4.69) is 21.4 Å². The Morgan fingerprint density at radius 3 is 2.68 bits per heavy atom. The van der Waals surface area contributed by atoms with Crippen LogP contribution in [0.15, 0.2) is 18.6 Å². The molecule has 0 unspecified atom stereocenters. The molecule has 5 heteroatoms. The molecule has 100 valence electrons. The number of anilines is 1. The first-order valence-electron chi connectivity index (χ1n) is 6.81. The van der Waals surface area contributed by atoms with E-state index in [0.29, 0.717) is 5.92 Å². The first kappa shape index (κ1) is 12.1. The number of aryl methyl sites for hydroxylation is 1. The van der Waals surface area contributed by atoms with E-state index >= 15 is 0 Å². The number of nitrogens with one attached hydrogen (secondary N) is 1. The molecule has 1 fully saturated rings. The minimum atomic E-state index is 0.585. The molecule has 1 N–H and O–H groups in total. The van der Waals surface area contributed by atoms with Gasteiger partial charge in [-0.3, -0.25) is 0 Å². The van der Waals surface area contributed by atoms with Gasteiger partial charge >= 0.3 is 0 Å². The molecule has 2 heterocycles. The van der Waals surface area contributed by atoms with Gasteiger partial charge in [-0.2, -0.15) is 0 Å². The van der Waals surface area contributed by atoms with Gasteiger partial charge in [0.2, 0.25) is 0 Å². The molecule has 0 atom stereocenters. The fraction of sp³-hybridized carbons (Fsp3) is 0.500. The van der Waals surface area contributed by atoms with E-state index in [9.17, 15) is 0 Å². The average molecular weight is 257 g/mol. The molecule has 0 aromatic carbocycles. The van der Waals surface area contributed by atoms with E-state index in [4.69, 9.17) is 4.98 Å². The normalized spacial score (nSPS) is 15.9. The summed E-state index contributed by atoms with van der Waals surface area (Å²) in [5.74, 6) is 2.23. The molecular weight excluding hydrogens is 238 g/mol. The Morgan fingerprint density at radius 1 is 1.26 bits per heavy atom. The molecule has 0 aliphatic heterocycles. The monoisotopic (exact) mass is 257 g/mol. The van der Waals surface area contributed by atoms with Crippen molar-refractivity contribution >= 4 is 5.82 Å². The van der Waals surface area contributed by atoms with Gasteiger partial charge in [0.25, 0.3) is 0 Å². The van der Waals surface area contributed by atoms with Crippen molar-refractivity contribution in [2.45, 2.75) is 31.6 Å². The van der Waals surface area contributed by atoms with Gasteiger partial charge in [0, 0.05) is 31.8 Å². The van der Waals surface area contributed by atoms with Gasteiger partial charge in [0.1, 0.15) is 11.5 Å². The van der Waals surface area contributed by atoms with Crippen molar-refractivity contribution in [1.82, 2.24) is 19.5 Å². The van der Waals surface area contributed by atoms with Crippen LogP contribution in [0.1, 0.15) is 37.3 Å². The SMILES string of the molecule is CNc1cc(C2CCCC2)nc(-c2cncn2C)n1. The quantitative estimate of drug-likeness (QED) is 0.918. The van der Waals surface area contributed by atoms with Crippen LogP contribution in [0.3, 0.4) is 0 Å². The zero-order valence-corrected chi connectivity index (χ0v) is 11.4. The highest BCUT2D eigenvalue weighted by atomic mass is 15.1. The van der Waals surface area contributed by atoms with Crippen LogP contribution in [-0.2, 0) is 7.05 Å². The van der Waals surface area contributed by atoms with E-state index in [0.717, 1.165) is 23.0 Å². The molecule has 0 bridgehead atoms. The molecule has 0 amide bonds. The van der Waals surface area contributed by atoms with Crippen LogP contribution in [-0.4, -0.2) is 26.6 Å². The summed E-state index contributed by atoms with van der Waals surface area (Å²) in [5, 5.41) is 3.13. The predicted octanol–water partition coefficient (Wildman–Crippen LogP) is 2.58. The summed E-state index contributed by atoms with van der Waals surface area (Å²) >= 11 is 0. The standard InChI is InChI=1S/C14H19N5/c1-15-13-7-11(10-5-3-4-6-10)17-14(18-13)12-8-16-9-19(12)2/h7-10H,3-6H2,1-2H3,(H,15,17,18). The number of aromatic nitrogens is 4. The minimum Gasteiger partial charge on any atom is -0.373 e. The maximum atomic E-state index is 4.75. The van der Waals surface area contributed by atoms with Gasteiger partial charge in [-0.05, 0) is 12.8 Å². The van der Waals surface area contributed by atoms with E-state index in [-0.39, 0.29) is 0 Å². The Labute approximate surface area is 113 Å². The smallest absolute Gasteiger partial charge is 0.180 e. The van der Waals surface area contributed by atoms with Crippen LogP contribution >= 0.6 is 0 Å². The fourth-order valence-corrected chi connectivity index (χ4v) is 2.71. The largest absolute Gasteiger partial charge is 0.373 e. The molecule has 2 aromatic heterocycles. The van der Waals surface area contributed by atoms with Crippen molar-refractivity contribution < 1.29 is 0 Å². The zero-order chi connectivity index (χ0) is 13.2. The lowest BCUT2D eigenvalue weighted by Gasteiger charge is -2.12. The number of imidazole rings is 1. The number of nitrogens with zero attached hydrogens (tertiary/aromatic N) is 4. The summed E-state index contributed by atoms with van der Waals surface area (Å²) in [4.78, 5) is 13.4. The van der Waals surface area contributed by atoms with Crippen molar-refractivity contribution in [2.75, 3.05) is 12.4 Å². The van der Waals surface area contributed by atoms with Crippen molar-refractivity contribution in [3.05, 3.63) is 24.3 Å². The molecule has 0 spiro atoms. The van der Waals surface area contributed by atoms with Crippen LogP contribution in [0.5, 0.6) is 0 Å². The molecule has 1 aliphatic carbocycles. The second-order valence-corrected chi connectivity index (χ2v) is 5.12. The Hall–Kier alpha value is -1.91. The third-order valence-corrected chi connectivity index (χ3v) is 3.82. The third-order valence-electron chi connectivity index (χ3n) is 3.82. The average Bonchev–Trinajstić information content (AvgIpc) is 3.09. The van der Waals surface area contributed by atoms with Crippen LogP contribution in [0, 0.1) is 0 Å². The maximum Gasteiger partial charge on any atom is 0.180 e. The Morgan fingerprint density at radius 2 is 2.05 bits per heavy atom. The Kier molecular flexibility index (Phi) is 3.19. The molecule has 19 heavy (non-hydrogen) atoms. The van der Waals surface area contributed by atoms with Crippen molar-refractivity contribution in [2.24, 2.45) is 7.05 Å². The van der Waals surface area contributed by atoms with Gasteiger partial charge in [-0.1, -0.05) is 12.8 Å². The van der Waals surface area contributed by atoms with Gasteiger partial charge in [0.05, 0.1) is 12.5 Å². The summed E-state index contributed by atoms with van der Waals surface area (Å²) in [6, 6.07) is 2.08. The van der Waals surface area contributed by atoms with E-state index < -0.39 is 0 Å². The zero-order valence-electron chi connectivity index (χ0n) is 11.4. The molecular formula is C14H19N5. The minimum absolute atomic E-state index is 0.585. The first-order chi connectivity index (χ1) is 9.28. The summed E-state index contributed by atoms with van der Waals surface area (Å²) in [6.07, 6.45) is 8.69. The summed E-state index contributed by atoms with van der Waals surface area (Å²) in [7, 11) is 3.86. The van der Waals surface area contributed by atoms with E-state index in [1.165, 1.54) is 25.7 Å². The molecule has 1 aliphatic rings. The lowest BCUT2D eigenvalue weighted by Crippen LogP contribution is -2.05. The lowest BCUT2D eigenvalue weighted by atomic mass is 10.0. The molecule has 0 radical (unpaired) electrons. The van der Waals surface area contributed by atoms with Crippen LogP contribution in [0.4, 0.5) is 5.82 Å². The summed E-state index contributed by atoms with van der Waals surface area (Å²) in [5.41, 5.74) is 2.12. The van der Waals surface area contributed by atoms with Gasteiger partial charge in [0.15, 0.2) is 5.82 Å². The number of rotatable bonds is 3. The first-order valence-corrected chi connectivity index (χ1v) is 6.81. The van der Waals surface area contributed by atoms with Crippen molar-refractivity contribution in [3.63, 3.8) is 0 Å². The highest BCUT2D eigenvalue weighted by Gasteiger charge is 2.20. The van der Waals surface area contributed by atoms with E-state index in [1.807, 2.05) is 24.9 Å². The summed E-state index contributed by atoms with van der Waals surface area (Å²) < 4.78 is 1.95. The Bertz CT molecular complexity index is 569. The van der Waals surface area contributed by atoms with Crippen molar-refractivity contribution in [3.8, 4) is 11.5 Å². The van der Waals surface area contributed by atoms with Gasteiger partial charge in [-0.25, -0.2) is 15.0 Å². The second-order valence-electron chi connectivity index (χ2n) is 5.12. The maximum absolute atomic E-state index is 4.75. The van der Waals surface area contributed by atoms with Crippen molar-refractivity contribution in [1.29, 1.82) is 0 Å². The van der Waals surface area contributed by atoms with Gasteiger partial charge < -0.3 is 9.88 Å². The molecule has 2 aromatic rings. The summed E-state index contributed by atoms with van der Waals surface area (Å²) in [6.45, 7) is 0. The third kappa shape index (κ3) is 2.32. The molecule has 0 saturated heterocycles. The predicted molar refractivity (Wildman–Crippen MR) is 75.0 cm³/mol. The Balaban J connectivity index is 2.04. The second kappa shape index (κ2) is 4.99. The van der Waals surface area contributed by atoms with Crippen LogP contribution in [0.25, 0.3) is 11.5 Å². The molecule has 1 saturated carbocycles. The number of hydrogen-bond acceptors (Lipinski definition) is 4. The van der Waals surface area contributed by atoms with Crippen LogP contribution in [0.2, 0.25) is 0 Å². The molecule has 3 rings (SSSR count). The number of hydrogen-bond donors (Lipinski definition) is 1. The van der Waals surface area contributed by atoms with E-state index in [1.54, 1.807) is 6.33 Å². The molecule has 5 nitrogen and oxygen atoms in total. The van der Waals surface area contributed by atoms with Crippen LogP contribution < -0.4 is 5.32 Å². The fourth-order valence-electron chi connectivity index (χ4n) is 2.71. The highest BCUT2D eigenvalue weighted by Crippen LogP contribution is 2.34. The lowest BCUT2D eigenvalue weighted by molar-refractivity contribution is 0.695. The highest BCUT2D eigenvalue weighted by molar-refractivity contribution is 5.53. The topological polar surface area (TPSA) is 55.6 Å².